The van der Waals surface area contributed by atoms with Crippen LogP contribution >= 0.6 is 11.3 Å². The second-order valence-corrected chi connectivity index (χ2v) is 10.6. The highest BCUT2D eigenvalue weighted by Gasteiger charge is 2.30. The number of nitrogens with one attached hydrogen (secondary N) is 1. The van der Waals surface area contributed by atoms with Gasteiger partial charge in [-0.1, -0.05) is 24.3 Å². The Bertz CT molecular complexity index is 1410. The fourth-order valence-corrected chi connectivity index (χ4v) is 6.09. The van der Waals surface area contributed by atoms with Crippen molar-refractivity contribution in [3.05, 3.63) is 83.1 Å². The van der Waals surface area contributed by atoms with Gasteiger partial charge in [0.2, 0.25) is 0 Å². The second kappa shape index (κ2) is 11.2. The van der Waals surface area contributed by atoms with E-state index in [-0.39, 0.29) is 17.9 Å². The highest BCUT2D eigenvalue weighted by molar-refractivity contribution is 7.10. The standard InChI is InChI=1S/C28H30N8O2S/c37-26(32-25-9-13-30-36(25)22-6-2-1-3-7-22)23-20-39-27(31-23)21-10-14-34(15-11-21)28(38)35-18-16-33(17-19-35)24-8-4-5-12-29-24/h1-9,12-13,20-21H,10-11,14-19H2,(H,32,37). The summed E-state index contributed by atoms with van der Waals surface area (Å²) in [7, 11) is 0. The van der Waals surface area contributed by atoms with E-state index in [1.807, 2.05) is 63.7 Å². The van der Waals surface area contributed by atoms with Gasteiger partial charge >= 0.3 is 6.03 Å². The van der Waals surface area contributed by atoms with Crippen LogP contribution in [0.2, 0.25) is 0 Å². The number of para-hydroxylation sites is 1. The number of anilines is 2. The Labute approximate surface area is 230 Å². The fraction of sp³-hybridized carbons (Fsp3) is 0.321. The van der Waals surface area contributed by atoms with Crippen molar-refractivity contribution in [1.82, 2.24) is 29.5 Å². The number of hydrogen-bond donors (Lipinski definition) is 1. The number of piperazine rings is 1. The lowest BCUT2D eigenvalue weighted by Crippen LogP contribution is -2.54. The second-order valence-electron chi connectivity index (χ2n) is 9.69. The third-order valence-electron chi connectivity index (χ3n) is 7.28. The first-order chi connectivity index (χ1) is 19.2. The van der Waals surface area contributed by atoms with E-state index in [2.05, 4.69) is 25.3 Å². The van der Waals surface area contributed by atoms with E-state index in [0.717, 1.165) is 42.4 Å². The molecule has 5 heterocycles. The van der Waals surface area contributed by atoms with E-state index in [9.17, 15) is 9.59 Å². The van der Waals surface area contributed by atoms with Crippen LogP contribution in [0, 0.1) is 0 Å². The molecule has 0 spiro atoms. The number of thiazole rings is 1. The molecule has 0 atom stereocenters. The molecule has 11 heteroatoms. The molecule has 2 fully saturated rings. The molecule has 2 saturated heterocycles. The van der Waals surface area contributed by atoms with Gasteiger partial charge in [-0.25, -0.2) is 19.4 Å². The van der Waals surface area contributed by atoms with Gasteiger partial charge in [0, 0.05) is 62.8 Å². The van der Waals surface area contributed by atoms with Gasteiger partial charge in [0.15, 0.2) is 0 Å². The summed E-state index contributed by atoms with van der Waals surface area (Å²) in [6.45, 7) is 4.36. The van der Waals surface area contributed by atoms with Gasteiger partial charge in [0.05, 0.1) is 16.9 Å². The van der Waals surface area contributed by atoms with Crippen LogP contribution in [0.25, 0.3) is 5.69 Å². The maximum absolute atomic E-state index is 13.2. The van der Waals surface area contributed by atoms with Crippen molar-refractivity contribution in [1.29, 1.82) is 0 Å². The molecule has 0 bridgehead atoms. The van der Waals surface area contributed by atoms with Crippen LogP contribution < -0.4 is 10.2 Å². The number of urea groups is 1. The molecule has 3 amide bonds. The molecule has 0 radical (unpaired) electrons. The van der Waals surface area contributed by atoms with Gasteiger partial charge in [-0.05, 0) is 37.1 Å². The number of aromatic nitrogens is 4. The van der Waals surface area contributed by atoms with Gasteiger partial charge in [0.1, 0.15) is 17.3 Å². The Morgan fingerprint density at radius 3 is 2.33 bits per heavy atom. The van der Waals surface area contributed by atoms with Gasteiger partial charge in [0.25, 0.3) is 5.91 Å². The number of rotatable bonds is 5. The van der Waals surface area contributed by atoms with Crippen LogP contribution in [0.1, 0.15) is 34.3 Å². The molecular weight excluding hydrogens is 512 g/mol. The maximum Gasteiger partial charge on any atom is 0.320 e. The summed E-state index contributed by atoms with van der Waals surface area (Å²) >= 11 is 1.51. The number of likely N-dealkylation sites (tertiary alicyclic amines) is 1. The summed E-state index contributed by atoms with van der Waals surface area (Å²) in [4.78, 5) is 41.3. The predicted octanol–water partition coefficient (Wildman–Crippen LogP) is 4.10. The summed E-state index contributed by atoms with van der Waals surface area (Å²) < 4.78 is 1.69. The first-order valence-electron chi connectivity index (χ1n) is 13.2. The number of benzene rings is 1. The number of carbonyl (C=O) groups excluding carboxylic acids is 2. The van der Waals surface area contributed by atoms with Gasteiger partial charge < -0.3 is 20.0 Å². The molecule has 1 N–H and O–H groups in total. The first-order valence-corrected chi connectivity index (χ1v) is 14.1. The van der Waals surface area contributed by atoms with Gasteiger partial charge in [-0.3, -0.25) is 4.79 Å². The van der Waals surface area contributed by atoms with Crippen molar-refractivity contribution in [3.63, 3.8) is 0 Å². The summed E-state index contributed by atoms with van der Waals surface area (Å²) in [5, 5.41) is 10.0. The first kappa shape index (κ1) is 25.1. The Kier molecular flexibility index (Phi) is 7.22. The van der Waals surface area contributed by atoms with Gasteiger partial charge in [-0.2, -0.15) is 5.10 Å². The third kappa shape index (κ3) is 5.49. The lowest BCUT2D eigenvalue weighted by Gasteiger charge is -2.39. The number of piperidine rings is 1. The molecule has 10 nitrogen and oxygen atoms in total. The Hall–Kier alpha value is -4.25. The topological polar surface area (TPSA) is 99.5 Å². The van der Waals surface area contributed by atoms with Crippen LogP contribution in [-0.4, -0.2) is 80.8 Å². The predicted molar refractivity (Wildman–Crippen MR) is 151 cm³/mol. The van der Waals surface area contributed by atoms with Crippen LogP contribution in [0.3, 0.4) is 0 Å². The molecule has 0 aliphatic carbocycles. The van der Waals surface area contributed by atoms with E-state index in [4.69, 9.17) is 0 Å². The summed E-state index contributed by atoms with van der Waals surface area (Å²) in [6, 6.07) is 17.5. The molecule has 0 unspecified atom stereocenters. The van der Waals surface area contributed by atoms with Crippen LogP contribution in [0.4, 0.5) is 16.4 Å². The molecule has 200 valence electrons. The molecule has 39 heavy (non-hydrogen) atoms. The molecule has 4 aromatic rings. The zero-order chi connectivity index (χ0) is 26.6. The molecule has 1 aromatic carbocycles. The van der Waals surface area contributed by atoms with Crippen molar-refractivity contribution in [2.45, 2.75) is 18.8 Å². The Morgan fingerprint density at radius 2 is 1.59 bits per heavy atom. The molecular formula is C28H30N8O2S. The average molecular weight is 543 g/mol. The lowest BCUT2D eigenvalue weighted by atomic mass is 9.98. The number of pyridine rings is 1. The number of carbonyl (C=O) groups is 2. The highest BCUT2D eigenvalue weighted by atomic mass is 32.1. The van der Waals surface area contributed by atoms with Crippen LogP contribution in [-0.2, 0) is 0 Å². The smallest absolute Gasteiger partial charge is 0.320 e. The van der Waals surface area contributed by atoms with Gasteiger partial charge in [-0.15, -0.1) is 11.3 Å². The summed E-state index contributed by atoms with van der Waals surface area (Å²) in [5.41, 5.74) is 1.27. The third-order valence-corrected chi connectivity index (χ3v) is 8.29. The summed E-state index contributed by atoms with van der Waals surface area (Å²) in [5.74, 6) is 1.54. The minimum atomic E-state index is -0.257. The van der Waals surface area contributed by atoms with E-state index >= 15 is 0 Å². The van der Waals surface area contributed by atoms with Crippen molar-refractivity contribution < 1.29 is 9.59 Å². The van der Waals surface area contributed by atoms with E-state index in [1.54, 1.807) is 23.1 Å². The molecule has 2 aliphatic rings. The highest BCUT2D eigenvalue weighted by Crippen LogP contribution is 2.31. The Morgan fingerprint density at radius 1 is 0.846 bits per heavy atom. The monoisotopic (exact) mass is 542 g/mol. The van der Waals surface area contributed by atoms with Crippen molar-refractivity contribution in [2.75, 3.05) is 49.5 Å². The zero-order valence-electron chi connectivity index (χ0n) is 21.5. The fourth-order valence-electron chi connectivity index (χ4n) is 5.12. The van der Waals surface area contributed by atoms with Crippen molar-refractivity contribution in [3.8, 4) is 5.69 Å². The number of hydrogen-bond acceptors (Lipinski definition) is 7. The maximum atomic E-state index is 13.2. The molecule has 0 saturated carbocycles. The zero-order valence-corrected chi connectivity index (χ0v) is 22.3. The molecule has 3 aromatic heterocycles. The SMILES string of the molecule is O=C(Nc1ccnn1-c1ccccc1)c1csc(C2CCN(C(=O)N3CCN(c4ccccn4)CC3)CC2)n1. The van der Waals surface area contributed by atoms with E-state index in [1.165, 1.54) is 11.3 Å². The normalized spacial score (nSPS) is 16.4. The largest absolute Gasteiger partial charge is 0.353 e. The minimum absolute atomic E-state index is 0.114. The lowest BCUT2D eigenvalue weighted by molar-refractivity contribution is 0.102. The number of amides is 3. The Balaban J connectivity index is 1.01. The minimum Gasteiger partial charge on any atom is -0.353 e. The van der Waals surface area contributed by atoms with Crippen molar-refractivity contribution >= 4 is 34.9 Å². The average Bonchev–Trinajstić information content (AvgIpc) is 3.68. The van der Waals surface area contributed by atoms with Crippen molar-refractivity contribution in [2.24, 2.45) is 0 Å². The van der Waals surface area contributed by atoms with Crippen LogP contribution in [0.15, 0.2) is 72.4 Å². The molecule has 2 aliphatic heterocycles. The number of nitrogens with zero attached hydrogens (tertiary/aromatic N) is 7. The van der Waals surface area contributed by atoms with E-state index < -0.39 is 0 Å². The quantitative estimate of drug-likeness (QED) is 0.408. The molecule has 6 rings (SSSR count). The van der Waals surface area contributed by atoms with Crippen LogP contribution in [0.5, 0.6) is 0 Å². The summed E-state index contributed by atoms with van der Waals surface area (Å²) in [6.07, 6.45) is 5.14. The van der Waals surface area contributed by atoms with E-state index in [0.29, 0.717) is 37.7 Å².